The maximum absolute atomic E-state index is 13.6. The molecule has 0 N–H and O–H groups in total. The summed E-state index contributed by atoms with van der Waals surface area (Å²) in [5, 5.41) is 0. The van der Waals surface area contributed by atoms with Crippen LogP contribution in [0.15, 0.2) is 17.1 Å². The van der Waals surface area contributed by atoms with Crippen molar-refractivity contribution in [3.8, 4) is 0 Å². The maximum Gasteiger partial charge on any atom is 0.319 e. The number of rotatable bonds is 6. The van der Waals surface area contributed by atoms with E-state index in [4.69, 9.17) is 9.47 Å². The first-order valence-electron chi connectivity index (χ1n) is 10.7. The molecular formula is C22H33N3O5. The molecule has 8 nitrogen and oxygen atoms in total. The summed E-state index contributed by atoms with van der Waals surface area (Å²) in [7, 11) is 1.38. The van der Waals surface area contributed by atoms with Gasteiger partial charge in [0, 0.05) is 38.3 Å². The Labute approximate surface area is 177 Å². The van der Waals surface area contributed by atoms with Crippen LogP contribution in [0.3, 0.4) is 0 Å². The Balaban J connectivity index is 1.86. The van der Waals surface area contributed by atoms with Gasteiger partial charge in [0.25, 0.3) is 11.5 Å². The molecule has 2 atom stereocenters. The SMILES string of the molecule is COC(=O)CN1C[C@@H]2COC[C@H](C1)N(C(=O)c1c(C)ccn(CCC(C)C)c1=O)C2. The van der Waals surface area contributed by atoms with Crippen LogP contribution in [0.4, 0.5) is 0 Å². The number of ether oxygens (including phenoxy) is 2. The number of aryl methyl sites for hydroxylation is 2. The number of hydrogen-bond donors (Lipinski definition) is 0. The lowest BCUT2D eigenvalue weighted by Crippen LogP contribution is -2.49. The first-order chi connectivity index (χ1) is 14.3. The Morgan fingerprint density at radius 3 is 2.70 bits per heavy atom. The Hall–Kier alpha value is -2.19. The number of amides is 1. The number of fused-ring (bicyclic) bond motifs is 3. The number of hydrogen-bond acceptors (Lipinski definition) is 6. The number of pyridine rings is 1. The molecule has 1 aromatic heterocycles. The molecule has 0 radical (unpaired) electrons. The first kappa shape index (κ1) is 22.5. The van der Waals surface area contributed by atoms with Gasteiger partial charge in [-0.05, 0) is 30.9 Å². The van der Waals surface area contributed by atoms with Crippen molar-refractivity contribution < 1.29 is 19.1 Å². The second-order valence-corrected chi connectivity index (χ2v) is 8.84. The third-order valence-electron chi connectivity index (χ3n) is 5.92. The molecule has 0 saturated carbocycles. The van der Waals surface area contributed by atoms with Gasteiger partial charge in [0.15, 0.2) is 0 Å². The summed E-state index contributed by atoms with van der Waals surface area (Å²) in [6.45, 7) is 9.44. The highest BCUT2D eigenvalue weighted by atomic mass is 16.5. The van der Waals surface area contributed by atoms with Crippen LogP contribution in [0.25, 0.3) is 0 Å². The third kappa shape index (κ3) is 5.10. The lowest BCUT2D eigenvalue weighted by atomic mass is 10.1. The zero-order valence-electron chi connectivity index (χ0n) is 18.4. The maximum atomic E-state index is 13.6. The number of carbonyl (C=O) groups is 2. The molecule has 3 heterocycles. The van der Waals surface area contributed by atoms with Gasteiger partial charge in [-0.2, -0.15) is 0 Å². The molecule has 0 spiro atoms. The van der Waals surface area contributed by atoms with Gasteiger partial charge in [0.1, 0.15) is 5.56 Å². The number of nitrogens with zero attached hydrogens (tertiary/aromatic N) is 3. The molecule has 0 aromatic carbocycles. The van der Waals surface area contributed by atoms with E-state index >= 15 is 0 Å². The zero-order chi connectivity index (χ0) is 21.8. The minimum Gasteiger partial charge on any atom is -0.468 e. The van der Waals surface area contributed by atoms with Crippen molar-refractivity contribution in [3.63, 3.8) is 0 Å². The van der Waals surface area contributed by atoms with Gasteiger partial charge in [-0.25, -0.2) is 0 Å². The van der Waals surface area contributed by atoms with Gasteiger partial charge in [-0.3, -0.25) is 19.3 Å². The first-order valence-corrected chi connectivity index (χ1v) is 10.7. The largest absolute Gasteiger partial charge is 0.468 e. The van der Waals surface area contributed by atoms with Gasteiger partial charge >= 0.3 is 5.97 Å². The van der Waals surface area contributed by atoms with E-state index in [1.54, 1.807) is 15.7 Å². The summed E-state index contributed by atoms with van der Waals surface area (Å²) >= 11 is 0. The Morgan fingerprint density at radius 2 is 2.00 bits per heavy atom. The number of esters is 1. The summed E-state index contributed by atoms with van der Waals surface area (Å²) < 4.78 is 12.2. The Kier molecular flexibility index (Phi) is 7.31. The smallest absolute Gasteiger partial charge is 0.319 e. The van der Waals surface area contributed by atoms with Gasteiger partial charge in [0.05, 0.1) is 32.9 Å². The minimum absolute atomic E-state index is 0.0818. The van der Waals surface area contributed by atoms with Crippen molar-refractivity contribution in [2.24, 2.45) is 11.8 Å². The monoisotopic (exact) mass is 419 g/mol. The second-order valence-electron chi connectivity index (χ2n) is 8.84. The van der Waals surface area contributed by atoms with Crippen molar-refractivity contribution in [2.45, 2.75) is 39.8 Å². The molecule has 3 rings (SSSR count). The van der Waals surface area contributed by atoms with Crippen LogP contribution in [0.5, 0.6) is 0 Å². The quantitative estimate of drug-likeness (QED) is 0.644. The van der Waals surface area contributed by atoms with E-state index in [1.165, 1.54) is 7.11 Å². The topological polar surface area (TPSA) is 81.1 Å². The van der Waals surface area contributed by atoms with Crippen LogP contribution in [-0.4, -0.2) is 78.8 Å². The molecule has 8 heteroatoms. The summed E-state index contributed by atoms with van der Waals surface area (Å²) in [4.78, 5) is 42.3. The van der Waals surface area contributed by atoms with Crippen LogP contribution in [0.2, 0.25) is 0 Å². The summed E-state index contributed by atoms with van der Waals surface area (Å²) in [5.74, 6) is 0.0240. The van der Waals surface area contributed by atoms with E-state index in [0.29, 0.717) is 50.9 Å². The van der Waals surface area contributed by atoms with Gasteiger partial charge in [0.2, 0.25) is 0 Å². The van der Waals surface area contributed by atoms with Crippen molar-refractivity contribution in [1.29, 1.82) is 0 Å². The second kappa shape index (κ2) is 9.75. The fourth-order valence-corrected chi connectivity index (χ4v) is 4.21. The number of methoxy groups -OCH3 is 1. The summed E-state index contributed by atoms with van der Waals surface area (Å²) in [5.41, 5.74) is 0.706. The highest BCUT2D eigenvalue weighted by Crippen LogP contribution is 2.22. The van der Waals surface area contributed by atoms with E-state index in [-0.39, 0.29) is 41.5 Å². The molecule has 0 unspecified atom stereocenters. The lowest BCUT2D eigenvalue weighted by molar-refractivity contribution is -0.142. The molecule has 2 fully saturated rings. The van der Waals surface area contributed by atoms with Gasteiger partial charge in [-0.15, -0.1) is 0 Å². The number of carbonyl (C=O) groups excluding carboxylic acids is 2. The lowest BCUT2D eigenvalue weighted by Gasteiger charge is -2.31. The molecule has 2 bridgehead atoms. The van der Waals surface area contributed by atoms with Crippen LogP contribution in [-0.2, 0) is 20.8 Å². The molecular weight excluding hydrogens is 386 g/mol. The normalized spacial score (nSPS) is 22.1. The molecule has 2 aliphatic rings. The van der Waals surface area contributed by atoms with Crippen molar-refractivity contribution in [1.82, 2.24) is 14.4 Å². The standard InChI is InChI=1S/C22H33N3O5/c1-15(2)5-7-24-8-6-16(3)20(21(24)27)22(28)25-10-17-9-23(12-19(26)29-4)11-18(25)14-30-13-17/h6,8,15,17-18H,5,7,9-14H2,1-4H3/t17-,18-/m0/s1. The van der Waals surface area contributed by atoms with Crippen LogP contribution < -0.4 is 5.56 Å². The molecule has 2 aliphatic heterocycles. The number of aromatic nitrogens is 1. The Bertz CT molecular complexity index is 835. The van der Waals surface area contributed by atoms with Crippen molar-refractivity contribution in [2.75, 3.05) is 46.5 Å². The molecule has 0 aliphatic carbocycles. The van der Waals surface area contributed by atoms with Crippen LogP contribution in [0, 0.1) is 18.8 Å². The average molecular weight is 420 g/mol. The average Bonchev–Trinajstić information content (AvgIpc) is 2.98. The van der Waals surface area contributed by atoms with E-state index < -0.39 is 0 Å². The minimum atomic E-state index is -0.291. The van der Waals surface area contributed by atoms with E-state index in [9.17, 15) is 14.4 Å². The van der Waals surface area contributed by atoms with Gasteiger partial charge in [-0.1, -0.05) is 13.8 Å². The molecule has 30 heavy (non-hydrogen) atoms. The van der Waals surface area contributed by atoms with E-state index in [1.807, 2.05) is 17.9 Å². The predicted octanol–water partition coefficient (Wildman–Crippen LogP) is 1.15. The van der Waals surface area contributed by atoms with E-state index in [2.05, 4.69) is 13.8 Å². The fourth-order valence-electron chi connectivity index (χ4n) is 4.21. The van der Waals surface area contributed by atoms with Crippen molar-refractivity contribution >= 4 is 11.9 Å². The summed E-state index contributed by atoms with van der Waals surface area (Å²) in [6, 6.07) is 1.64. The van der Waals surface area contributed by atoms with Crippen LogP contribution in [0.1, 0.15) is 36.2 Å². The molecule has 1 aromatic rings. The highest BCUT2D eigenvalue weighted by Gasteiger charge is 2.37. The summed E-state index contributed by atoms with van der Waals surface area (Å²) in [6.07, 6.45) is 2.65. The van der Waals surface area contributed by atoms with Crippen LogP contribution >= 0.6 is 0 Å². The fraction of sp³-hybridized carbons (Fsp3) is 0.682. The van der Waals surface area contributed by atoms with E-state index in [0.717, 1.165) is 6.42 Å². The highest BCUT2D eigenvalue weighted by molar-refractivity contribution is 5.95. The van der Waals surface area contributed by atoms with Gasteiger partial charge < -0.3 is 18.9 Å². The molecule has 2 saturated heterocycles. The Morgan fingerprint density at radius 1 is 1.23 bits per heavy atom. The third-order valence-corrected chi connectivity index (χ3v) is 5.92. The predicted molar refractivity (Wildman–Crippen MR) is 112 cm³/mol. The molecule has 1 amide bonds. The molecule has 166 valence electrons. The van der Waals surface area contributed by atoms with Crippen molar-refractivity contribution in [3.05, 3.63) is 33.7 Å². The zero-order valence-corrected chi connectivity index (χ0v) is 18.4.